The second-order valence-electron chi connectivity index (χ2n) is 6.30. The molecule has 3 rings (SSSR count). The van der Waals surface area contributed by atoms with Crippen LogP contribution in [0.1, 0.15) is 24.4 Å². The van der Waals surface area contributed by atoms with E-state index in [-0.39, 0.29) is 23.5 Å². The first kappa shape index (κ1) is 18.7. The molecular weight excluding hydrogens is 374 g/mol. The van der Waals surface area contributed by atoms with Crippen molar-refractivity contribution >= 4 is 27.3 Å². The summed E-state index contributed by atoms with van der Waals surface area (Å²) >= 11 is 6.28. The molecule has 1 aliphatic heterocycles. The van der Waals surface area contributed by atoms with Gasteiger partial charge in [-0.25, -0.2) is 8.42 Å². The number of nitrogens with zero attached hydrogens (tertiary/aromatic N) is 1. The minimum absolute atomic E-state index is 0.0536. The number of hydrogen-bond donors (Lipinski definition) is 0. The zero-order chi connectivity index (χ0) is 18.7. The van der Waals surface area contributed by atoms with Crippen LogP contribution in [0.25, 0.3) is 0 Å². The van der Waals surface area contributed by atoms with Crippen LogP contribution >= 0.6 is 11.6 Å². The van der Waals surface area contributed by atoms with Gasteiger partial charge in [-0.15, -0.1) is 0 Å². The summed E-state index contributed by atoms with van der Waals surface area (Å²) in [6.07, 6.45) is 2.90. The van der Waals surface area contributed by atoms with Crippen molar-refractivity contribution < 1.29 is 17.9 Å². The van der Waals surface area contributed by atoms with Gasteiger partial charge in [0.2, 0.25) is 0 Å². The highest BCUT2D eigenvalue weighted by Crippen LogP contribution is 2.35. The number of sulfone groups is 1. The van der Waals surface area contributed by atoms with E-state index in [0.29, 0.717) is 17.3 Å². The van der Waals surface area contributed by atoms with Gasteiger partial charge in [-0.1, -0.05) is 35.9 Å². The molecule has 2 aromatic carbocycles. The Hall–Kier alpha value is -2.05. The number of hydrogen-bond acceptors (Lipinski definition) is 4. The van der Waals surface area contributed by atoms with E-state index < -0.39 is 9.84 Å². The molecule has 0 radical (unpaired) electrons. The number of ether oxygens (including phenoxy) is 1. The first-order chi connectivity index (χ1) is 12.4. The number of carbonyl (C=O) groups is 1. The number of rotatable bonds is 5. The minimum Gasteiger partial charge on any atom is -0.484 e. The molecule has 7 heteroatoms. The summed E-state index contributed by atoms with van der Waals surface area (Å²) in [7, 11) is -3.32. The average molecular weight is 394 g/mol. The van der Waals surface area contributed by atoms with Crippen molar-refractivity contribution in [1.82, 2.24) is 4.90 Å². The number of carbonyl (C=O) groups excluding carboxylic acids is 1. The van der Waals surface area contributed by atoms with Crippen molar-refractivity contribution in [1.29, 1.82) is 0 Å². The van der Waals surface area contributed by atoms with E-state index in [1.165, 1.54) is 12.1 Å². The predicted octanol–water partition coefficient (Wildman–Crippen LogP) is 3.49. The van der Waals surface area contributed by atoms with Crippen LogP contribution in [0.3, 0.4) is 0 Å². The molecule has 1 fully saturated rings. The molecule has 1 aliphatic rings. The molecule has 2 aromatic rings. The molecule has 1 amide bonds. The maximum Gasteiger partial charge on any atom is 0.261 e. The third-order valence-corrected chi connectivity index (χ3v) is 5.89. The van der Waals surface area contributed by atoms with Gasteiger partial charge in [-0.3, -0.25) is 4.79 Å². The Labute approximate surface area is 158 Å². The third-order valence-electron chi connectivity index (χ3n) is 4.43. The summed E-state index contributed by atoms with van der Waals surface area (Å²) in [5.41, 5.74) is 0.944. The number of benzene rings is 2. The molecule has 5 nitrogen and oxygen atoms in total. The lowest BCUT2D eigenvalue weighted by Crippen LogP contribution is -2.34. The third kappa shape index (κ3) is 4.19. The summed E-state index contributed by atoms with van der Waals surface area (Å²) in [4.78, 5) is 14.6. The Morgan fingerprint density at radius 2 is 2.00 bits per heavy atom. The van der Waals surface area contributed by atoms with Crippen LogP contribution in [-0.4, -0.2) is 38.6 Å². The average Bonchev–Trinajstić information content (AvgIpc) is 3.09. The molecule has 1 heterocycles. The SMILES string of the molecule is CS(=O)(=O)c1cccc(OCC(=O)N2CCCC2c2ccccc2Cl)c1. The fourth-order valence-corrected chi connectivity index (χ4v) is 4.07. The van der Waals surface area contributed by atoms with Gasteiger partial charge in [0, 0.05) is 17.8 Å². The highest BCUT2D eigenvalue weighted by Gasteiger charge is 2.31. The standard InChI is InChI=1S/C19H20ClNO4S/c1-26(23,24)15-7-4-6-14(12-15)25-13-19(22)21-11-5-10-18(21)16-8-2-3-9-17(16)20/h2-4,6-9,12,18H,5,10-11,13H2,1H3. The van der Waals surface area contributed by atoms with Gasteiger partial charge in [0.15, 0.2) is 16.4 Å². The lowest BCUT2D eigenvalue weighted by molar-refractivity contribution is -0.134. The summed E-state index contributed by atoms with van der Waals surface area (Å²) in [5.74, 6) is 0.215. The Kier molecular flexibility index (Phi) is 5.53. The molecule has 0 aromatic heterocycles. The van der Waals surface area contributed by atoms with Crippen LogP contribution in [0.5, 0.6) is 5.75 Å². The van der Waals surface area contributed by atoms with Crippen molar-refractivity contribution in [3.05, 3.63) is 59.1 Å². The smallest absolute Gasteiger partial charge is 0.261 e. The van der Waals surface area contributed by atoms with Crippen LogP contribution in [0, 0.1) is 0 Å². The summed E-state index contributed by atoms with van der Waals surface area (Å²) < 4.78 is 28.8. The topological polar surface area (TPSA) is 63.7 Å². The van der Waals surface area contributed by atoms with Gasteiger partial charge in [0.25, 0.3) is 5.91 Å². The molecule has 0 saturated carbocycles. The maximum atomic E-state index is 12.6. The first-order valence-electron chi connectivity index (χ1n) is 8.33. The molecule has 1 atom stereocenters. The van der Waals surface area contributed by atoms with Gasteiger partial charge >= 0.3 is 0 Å². The highest BCUT2D eigenvalue weighted by molar-refractivity contribution is 7.90. The van der Waals surface area contributed by atoms with E-state index in [4.69, 9.17) is 16.3 Å². The first-order valence-corrected chi connectivity index (χ1v) is 10.6. The highest BCUT2D eigenvalue weighted by atomic mass is 35.5. The lowest BCUT2D eigenvalue weighted by atomic mass is 10.0. The molecule has 1 unspecified atom stereocenters. The molecule has 0 bridgehead atoms. The van der Waals surface area contributed by atoms with E-state index in [9.17, 15) is 13.2 Å². The largest absolute Gasteiger partial charge is 0.484 e. The van der Waals surface area contributed by atoms with E-state index in [2.05, 4.69) is 0 Å². The Morgan fingerprint density at radius 3 is 2.73 bits per heavy atom. The quantitative estimate of drug-likeness (QED) is 0.780. The van der Waals surface area contributed by atoms with Gasteiger partial charge in [0.05, 0.1) is 10.9 Å². The van der Waals surface area contributed by atoms with Gasteiger partial charge in [0.1, 0.15) is 5.75 Å². The lowest BCUT2D eigenvalue weighted by Gasteiger charge is -2.25. The molecule has 0 spiro atoms. The van der Waals surface area contributed by atoms with Crippen molar-refractivity contribution in [3.8, 4) is 5.75 Å². The molecule has 26 heavy (non-hydrogen) atoms. The van der Waals surface area contributed by atoms with Crippen LogP contribution in [0.4, 0.5) is 0 Å². The zero-order valence-corrected chi connectivity index (χ0v) is 16.0. The Balaban J connectivity index is 1.69. The van der Waals surface area contributed by atoms with Crippen LogP contribution in [-0.2, 0) is 14.6 Å². The van der Waals surface area contributed by atoms with Gasteiger partial charge < -0.3 is 9.64 Å². The summed E-state index contributed by atoms with van der Waals surface area (Å²) in [6, 6.07) is 13.6. The number of likely N-dealkylation sites (tertiary alicyclic amines) is 1. The van der Waals surface area contributed by atoms with Gasteiger partial charge in [-0.05, 0) is 42.7 Å². The van der Waals surface area contributed by atoms with Crippen molar-refractivity contribution in [2.24, 2.45) is 0 Å². The van der Waals surface area contributed by atoms with E-state index >= 15 is 0 Å². The van der Waals surface area contributed by atoms with Crippen LogP contribution in [0.15, 0.2) is 53.4 Å². The van der Waals surface area contributed by atoms with E-state index in [1.54, 1.807) is 17.0 Å². The fraction of sp³-hybridized carbons (Fsp3) is 0.316. The maximum absolute atomic E-state index is 12.6. The number of amides is 1. The van der Waals surface area contributed by atoms with Gasteiger partial charge in [-0.2, -0.15) is 0 Å². The summed E-state index contributed by atoms with van der Waals surface area (Å²) in [5, 5.41) is 0.652. The minimum atomic E-state index is -3.32. The van der Waals surface area contributed by atoms with E-state index in [1.807, 2.05) is 24.3 Å². The monoisotopic (exact) mass is 393 g/mol. The summed E-state index contributed by atoms with van der Waals surface area (Å²) in [6.45, 7) is 0.510. The molecule has 0 aliphatic carbocycles. The van der Waals surface area contributed by atoms with Crippen LogP contribution in [0.2, 0.25) is 5.02 Å². The second kappa shape index (κ2) is 7.68. The molecule has 0 N–H and O–H groups in total. The normalized spacial score (nSPS) is 17.3. The molecule has 138 valence electrons. The molecular formula is C19H20ClNO4S. The Morgan fingerprint density at radius 1 is 1.23 bits per heavy atom. The number of halogens is 1. The second-order valence-corrected chi connectivity index (χ2v) is 8.73. The Bertz CT molecular complexity index is 913. The molecule has 1 saturated heterocycles. The van der Waals surface area contributed by atoms with Crippen LogP contribution < -0.4 is 4.74 Å². The predicted molar refractivity (Wildman–Crippen MR) is 100 cm³/mol. The zero-order valence-electron chi connectivity index (χ0n) is 14.4. The van der Waals surface area contributed by atoms with Crippen molar-refractivity contribution in [3.63, 3.8) is 0 Å². The fourth-order valence-electron chi connectivity index (χ4n) is 3.16. The van der Waals surface area contributed by atoms with Crippen molar-refractivity contribution in [2.45, 2.75) is 23.8 Å². The van der Waals surface area contributed by atoms with E-state index in [0.717, 1.165) is 24.7 Å². The van der Waals surface area contributed by atoms with Crippen molar-refractivity contribution in [2.75, 3.05) is 19.4 Å².